The zero-order valence-corrected chi connectivity index (χ0v) is 19.8. The van der Waals surface area contributed by atoms with Gasteiger partial charge in [0.1, 0.15) is 5.65 Å². The third kappa shape index (κ3) is 5.75. The molecule has 5 aromatic rings. The summed E-state index contributed by atoms with van der Waals surface area (Å²) >= 11 is 0. The van der Waals surface area contributed by atoms with Crippen molar-refractivity contribution in [2.24, 2.45) is 0 Å². The fraction of sp³-hybridized carbons (Fsp3) is 0.154. The molecule has 0 aliphatic heterocycles. The fourth-order valence-electron chi connectivity index (χ4n) is 3.87. The van der Waals surface area contributed by atoms with Gasteiger partial charge in [0.15, 0.2) is 5.75 Å². The number of hydrogen-bond donors (Lipinski definition) is 2. The Morgan fingerprint density at radius 2 is 1.79 bits per heavy atom. The molecule has 4 heterocycles. The molecule has 0 bridgehead atoms. The Bertz CT molecular complexity index is 1640. The van der Waals surface area contributed by atoms with Crippen LogP contribution in [0.4, 0.5) is 18.0 Å². The van der Waals surface area contributed by atoms with Crippen LogP contribution in [0.15, 0.2) is 84.2 Å². The number of benzene rings is 1. The Balaban J connectivity index is 1.25. The first-order chi connectivity index (χ1) is 18.2. The third-order valence-corrected chi connectivity index (χ3v) is 5.71. The summed E-state index contributed by atoms with van der Waals surface area (Å²) in [7, 11) is 0. The van der Waals surface area contributed by atoms with E-state index in [0.29, 0.717) is 23.3 Å². The van der Waals surface area contributed by atoms with Crippen molar-refractivity contribution in [3.05, 3.63) is 112 Å². The number of nitrogens with zero attached hydrogens (tertiary/aromatic N) is 4. The van der Waals surface area contributed by atoms with Crippen LogP contribution >= 0.6 is 0 Å². The van der Waals surface area contributed by atoms with E-state index in [1.54, 1.807) is 65.6 Å². The van der Waals surface area contributed by atoms with E-state index in [4.69, 9.17) is 4.74 Å². The minimum absolute atomic E-state index is 0.0158. The second kappa shape index (κ2) is 10.2. The molecule has 0 fully saturated rings. The molecule has 0 unspecified atom stereocenters. The van der Waals surface area contributed by atoms with Gasteiger partial charge in [-0.25, -0.2) is 9.78 Å². The maximum atomic E-state index is 13.6. The van der Waals surface area contributed by atoms with Gasteiger partial charge in [-0.1, -0.05) is 30.3 Å². The monoisotopic (exact) mass is 522 g/mol. The van der Waals surface area contributed by atoms with Crippen LogP contribution in [0.2, 0.25) is 0 Å². The summed E-state index contributed by atoms with van der Waals surface area (Å²) in [6.07, 6.45) is 0.102. The summed E-state index contributed by atoms with van der Waals surface area (Å²) in [5, 5.41) is 6.87. The molecule has 9 nitrogen and oxygen atoms in total. The predicted octanol–water partition coefficient (Wildman–Crippen LogP) is 4.33. The van der Waals surface area contributed by atoms with E-state index in [9.17, 15) is 22.8 Å². The van der Waals surface area contributed by atoms with E-state index >= 15 is 0 Å². The topological polar surface area (TPSA) is 107 Å². The highest BCUT2D eigenvalue weighted by molar-refractivity contribution is 5.76. The summed E-state index contributed by atoms with van der Waals surface area (Å²) in [5.74, 6) is -0.700. The van der Waals surface area contributed by atoms with Crippen molar-refractivity contribution in [3.63, 3.8) is 0 Å². The summed E-state index contributed by atoms with van der Waals surface area (Å²) < 4.78 is 48.3. The van der Waals surface area contributed by atoms with E-state index in [0.717, 1.165) is 21.8 Å². The predicted molar refractivity (Wildman–Crippen MR) is 132 cm³/mol. The summed E-state index contributed by atoms with van der Waals surface area (Å²) in [5.41, 5.74) is 1.42. The highest BCUT2D eigenvalue weighted by Crippen LogP contribution is 2.35. The van der Waals surface area contributed by atoms with Gasteiger partial charge >= 0.3 is 12.3 Å². The second-order valence-electron chi connectivity index (χ2n) is 8.52. The zero-order chi connectivity index (χ0) is 26.7. The molecule has 1 amide bonds. The fourth-order valence-corrected chi connectivity index (χ4v) is 3.87. The van der Waals surface area contributed by atoms with Crippen LogP contribution in [-0.2, 0) is 25.8 Å². The van der Waals surface area contributed by atoms with Crippen molar-refractivity contribution >= 4 is 17.1 Å². The Kier molecular flexibility index (Phi) is 6.69. The Hall–Kier alpha value is -4.87. The molecular formula is C26H21F3N6O3. The average Bonchev–Trinajstić information content (AvgIpc) is 3.52. The number of aromatic nitrogens is 5. The van der Waals surface area contributed by atoms with E-state index in [-0.39, 0.29) is 18.6 Å². The second-order valence-corrected chi connectivity index (χ2v) is 8.52. The molecule has 2 N–H and O–H groups in total. The van der Waals surface area contributed by atoms with Crippen LogP contribution in [0.25, 0.3) is 11.0 Å². The quantitative estimate of drug-likeness (QED) is 0.331. The molecular weight excluding hydrogens is 501 g/mol. The molecule has 5 rings (SSSR count). The van der Waals surface area contributed by atoms with Crippen molar-refractivity contribution < 1.29 is 22.7 Å². The molecule has 0 spiro atoms. The van der Waals surface area contributed by atoms with Gasteiger partial charge in [-0.3, -0.25) is 9.48 Å². The molecule has 1 aromatic carbocycles. The zero-order valence-electron chi connectivity index (χ0n) is 19.8. The number of carbonyl (C=O) groups is 1. The minimum atomic E-state index is -4.82. The van der Waals surface area contributed by atoms with Crippen LogP contribution < -0.4 is 15.6 Å². The minimum Gasteiger partial charge on any atom is -0.406 e. The van der Waals surface area contributed by atoms with Crippen LogP contribution in [0, 0.1) is 0 Å². The number of ether oxygens (including phenoxy) is 1. The standard InChI is InChI=1S/C26H21F3N6O3/c27-26(28,29)23-21(38-25(37)32-13-19-11-20-8-9-30-24(20)31-12-19)16-35(33-23)15-18-6-4-17(5-7-18)14-34-10-2-1-3-22(34)36/h1-12,16H,13-15H2,(H,30,31)(H,32,37). The number of nitrogens with one attached hydrogen (secondary N) is 2. The Morgan fingerprint density at radius 3 is 2.53 bits per heavy atom. The average molecular weight is 522 g/mol. The number of fused-ring (bicyclic) bond motifs is 1. The lowest BCUT2D eigenvalue weighted by molar-refractivity contribution is -0.142. The van der Waals surface area contributed by atoms with Gasteiger partial charge in [0.2, 0.25) is 5.69 Å². The Morgan fingerprint density at radius 1 is 1.03 bits per heavy atom. The molecule has 38 heavy (non-hydrogen) atoms. The summed E-state index contributed by atoms with van der Waals surface area (Å²) in [4.78, 5) is 31.3. The van der Waals surface area contributed by atoms with E-state index in [1.165, 1.54) is 6.07 Å². The van der Waals surface area contributed by atoms with Crippen molar-refractivity contribution in [1.29, 1.82) is 0 Å². The lowest BCUT2D eigenvalue weighted by Crippen LogP contribution is -2.27. The summed E-state index contributed by atoms with van der Waals surface area (Å²) in [6.45, 7) is 0.397. The molecule has 4 aromatic heterocycles. The van der Waals surface area contributed by atoms with Crippen LogP contribution in [0.3, 0.4) is 0 Å². The van der Waals surface area contributed by atoms with E-state index in [2.05, 4.69) is 20.4 Å². The molecule has 0 aliphatic rings. The third-order valence-electron chi connectivity index (χ3n) is 5.71. The lowest BCUT2D eigenvalue weighted by Gasteiger charge is -2.08. The van der Waals surface area contributed by atoms with Gasteiger partial charge in [-0.15, -0.1) is 0 Å². The number of alkyl halides is 3. The van der Waals surface area contributed by atoms with Crippen LogP contribution in [0.1, 0.15) is 22.4 Å². The van der Waals surface area contributed by atoms with Crippen LogP contribution in [0.5, 0.6) is 5.75 Å². The maximum Gasteiger partial charge on any atom is 0.438 e. The Labute approximate surface area is 213 Å². The van der Waals surface area contributed by atoms with Gasteiger partial charge in [0.25, 0.3) is 5.56 Å². The molecule has 194 valence electrons. The molecule has 0 saturated carbocycles. The normalized spacial score (nSPS) is 11.6. The number of rotatable bonds is 7. The maximum absolute atomic E-state index is 13.6. The molecule has 0 radical (unpaired) electrons. The number of H-pyrrole nitrogens is 1. The highest BCUT2D eigenvalue weighted by Gasteiger charge is 2.39. The van der Waals surface area contributed by atoms with Crippen molar-refractivity contribution in [2.75, 3.05) is 0 Å². The SMILES string of the molecule is O=C(NCc1cnc2[nH]ccc2c1)Oc1cn(Cc2ccc(Cn3ccccc3=O)cc2)nc1C(F)(F)F. The van der Waals surface area contributed by atoms with Crippen molar-refractivity contribution in [2.45, 2.75) is 25.8 Å². The van der Waals surface area contributed by atoms with Crippen molar-refractivity contribution in [1.82, 2.24) is 29.6 Å². The van der Waals surface area contributed by atoms with Crippen molar-refractivity contribution in [3.8, 4) is 5.75 Å². The first kappa shape index (κ1) is 24.8. The highest BCUT2D eigenvalue weighted by atomic mass is 19.4. The number of amides is 1. The molecule has 0 saturated heterocycles. The molecule has 0 atom stereocenters. The van der Waals surface area contributed by atoms with E-state index < -0.39 is 23.7 Å². The van der Waals surface area contributed by atoms with Gasteiger partial charge in [0, 0.05) is 36.6 Å². The number of halogens is 3. The number of carbonyl (C=O) groups excluding carboxylic acids is 1. The van der Waals surface area contributed by atoms with E-state index in [1.807, 2.05) is 6.07 Å². The number of pyridine rings is 2. The largest absolute Gasteiger partial charge is 0.438 e. The number of aromatic amines is 1. The van der Waals surface area contributed by atoms with Gasteiger partial charge in [-0.05, 0) is 34.9 Å². The molecule has 12 heteroatoms. The van der Waals surface area contributed by atoms with Crippen LogP contribution in [-0.4, -0.2) is 30.4 Å². The van der Waals surface area contributed by atoms with Gasteiger partial charge in [0.05, 0.1) is 19.3 Å². The van der Waals surface area contributed by atoms with Gasteiger partial charge in [-0.2, -0.15) is 18.3 Å². The first-order valence-corrected chi connectivity index (χ1v) is 11.5. The summed E-state index contributed by atoms with van der Waals surface area (Å²) in [6, 6.07) is 15.5. The lowest BCUT2D eigenvalue weighted by atomic mass is 10.1. The van der Waals surface area contributed by atoms with Gasteiger partial charge < -0.3 is 19.6 Å². The smallest absolute Gasteiger partial charge is 0.406 e. The first-order valence-electron chi connectivity index (χ1n) is 11.5. The molecule has 0 aliphatic carbocycles. The number of hydrogen-bond acceptors (Lipinski definition) is 5.